The van der Waals surface area contributed by atoms with Gasteiger partial charge in [0.1, 0.15) is 15.9 Å². The third-order valence-corrected chi connectivity index (χ3v) is 5.42. The first-order valence-corrected chi connectivity index (χ1v) is 7.88. The summed E-state index contributed by atoms with van der Waals surface area (Å²) in [4.78, 5) is 14.7. The van der Waals surface area contributed by atoms with Crippen LogP contribution in [0.3, 0.4) is 0 Å². The van der Waals surface area contributed by atoms with Crippen molar-refractivity contribution in [2.24, 2.45) is 5.92 Å². The molecule has 0 saturated carbocycles. The number of amides is 1. The number of rotatable bonds is 2. The van der Waals surface area contributed by atoms with E-state index in [4.69, 9.17) is 5.26 Å². The van der Waals surface area contributed by atoms with Gasteiger partial charge in [-0.2, -0.15) is 17.9 Å². The highest BCUT2D eigenvalue weighted by molar-refractivity contribution is 9.10. The number of anilines is 1. The fourth-order valence-electron chi connectivity index (χ4n) is 2.13. The van der Waals surface area contributed by atoms with E-state index >= 15 is 0 Å². The third kappa shape index (κ3) is 2.58. The minimum absolute atomic E-state index is 0.0488. The van der Waals surface area contributed by atoms with Crippen LogP contribution in [0.2, 0.25) is 0 Å². The predicted molar refractivity (Wildman–Crippen MR) is 80.3 cm³/mol. The maximum atomic E-state index is 12.3. The smallest absolute Gasteiger partial charge is 0.230 e. The lowest BCUT2D eigenvalue weighted by atomic mass is 9.94. The van der Waals surface area contributed by atoms with E-state index in [9.17, 15) is 4.79 Å². The molecule has 1 saturated heterocycles. The fourth-order valence-corrected chi connectivity index (χ4v) is 4.11. The number of carbonyl (C=O) groups is 1. The van der Waals surface area contributed by atoms with Gasteiger partial charge in [0.2, 0.25) is 5.91 Å². The Bertz CT molecular complexity index is 509. The van der Waals surface area contributed by atoms with Crippen molar-refractivity contribution in [3.05, 3.63) is 15.4 Å². The van der Waals surface area contributed by atoms with Crippen LogP contribution in [0.15, 0.2) is 10.5 Å². The van der Waals surface area contributed by atoms with E-state index in [-0.39, 0.29) is 17.1 Å². The average molecular weight is 345 g/mol. The minimum atomic E-state index is 0.0488. The highest BCUT2D eigenvalue weighted by atomic mass is 79.9. The minimum Gasteiger partial charge on any atom is -0.302 e. The Hall–Kier alpha value is -0.510. The van der Waals surface area contributed by atoms with Gasteiger partial charge < -0.3 is 4.90 Å². The first-order valence-electron chi connectivity index (χ1n) is 5.75. The van der Waals surface area contributed by atoms with Crippen molar-refractivity contribution >= 4 is 50.8 Å². The highest BCUT2D eigenvalue weighted by Gasteiger charge is 2.33. The molecule has 18 heavy (non-hydrogen) atoms. The number of hydrogen-bond donors (Lipinski definition) is 1. The molecular weight excluding hydrogens is 332 g/mol. The number of thiophene rings is 1. The second kappa shape index (κ2) is 5.64. The quantitative estimate of drug-likeness (QED) is 0.835. The zero-order chi connectivity index (χ0) is 13.3. The van der Waals surface area contributed by atoms with Crippen molar-refractivity contribution in [3.8, 4) is 6.07 Å². The maximum Gasteiger partial charge on any atom is 0.230 e. The lowest BCUT2D eigenvalue weighted by molar-refractivity contribution is -0.123. The zero-order valence-electron chi connectivity index (χ0n) is 9.89. The Labute approximate surface area is 124 Å². The van der Waals surface area contributed by atoms with Gasteiger partial charge in [-0.15, -0.1) is 11.3 Å². The molecule has 6 heteroatoms. The van der Waals surface area contributed by atoms with Gasteiger partial charge in [0.05, 0.1) is 0 Å². The molecule has 0 bridgehead atoms. The predicted octanol–water partition coefficient (Wildman–Crippen LogP) is 3.44. The molecular formula is C12H13BrN2OS2. The van der Waals surface area contributed by atoms with Crippen molar-refractivity contribution in [3.63, 3.8) is 0 Å². The number of carbonyl (C=O) groups excluding carboxylic acids is 1. The van der Waals surface area contributed by atoms with E-state index in [0.717, 1.165) is 22.3 Å². The first-order chi connectivity index (χ1) is 8.56. The molecule has 1 aliphatic heterocycles. The van der Waals surface area contributed by atoms with E-state index in [0.29, 0.717) is 11.4 Å². The molecule has 2 atom stereocenters. The third-order valence-electron chi connectivity index (χ3n) is 3.10. The number of hydrogen-bond acceptors (Lipinski definition) is 4. The summed E-state index contributed by atoms with van der Waals surface area (Å²) in [6.07, 6.45) is 1.68. The molecule has 0 radical (unpaired) electrons. The molecule has 1 fully saturated rings. The first kappa shape index (κ1) is 13.9. The van der Waals surface area contributed by atoms with Gasteiger partial charge in [-0.3, -0.25) is 4.79 Å². The SMILES string of the molecule is CCC1CC(S)CN(c2cc(Br)c(C#N)s2)C1=O. The summed E-state index contributed by atoms with van der Waals surface area (Å²) < 4.78 is 0.757. The van der Waals surface area contributed by atoms with Crippen LogP contribution in [0.4, 0.5) is 5.00 Å². The fraction of sp³-hybridized carbons (Fsp3) is 0.500. The second-order valence-corrected chi connectivity index (χ2v) is 6.93. The molecule has 2 unspecified atom stereocenters. The van der Waals surface area contributed by atoms with Gasteiger partial charge in [0.15, 0.2) is 0 Å². The van der Waals surface area contributed by atoms with Crippen molar-refractivity contribution in [1.29, 1.82) is 5.26 Å². The summed E-state index contributed by atoms with van der Waals surface area (Å²) >= 11 is 9.20. The molecule has 1 aromatic rings. The summed E-state index contributed by atoms with van der Waals surface area (Å²) in [5, 5.41) is 10.00. The number of nitriles is 1. The van der Waals surface area contributed by atoms with Gasteiger partial charge in [-0.05, 0) is 34.8 Å². The Morgan fingerprint density at radius 3 is 3.00 bits per heavy atom. The van der Waals surface area contributed by atoms with Crippen LogP contribution in [0.1, 0.15) is 24.6 Å². The van der Waals surface area contributed by atoms with Crippen molar-refractivity contribution < 1.29 is 4.79 Å². The maximum absolute atomic E-state index is 12.3. The summed E-state index contributed by atoms with van der Waals surface area (Å²) in [6.45, 7) is 2.65. The topological polar surface area (TPSA) is 44.1 Å². The number of piperidine rings is 1. The lowest BCUT2D eigenvalue weighted by Gasteiger charge is -2.34. The van der Waals surface area contributed by atoms with Gasteiger partial charge in [-0.1, -0.05) is 6.92 Å². The van der Waals surface area contributed by atoms with Crippen LogP contribution in [0, 0.1) is 17.2 Å². The summed E-state index contributed by atoms with van der Waals surface area (Å²) in [5.41, 5.74) is 0. The Balaban J connectivity index is 2.30. The molecule has 1 aromatic heterocycles. The van der Waals surface area contributed by atoms with Gasteiger partial charge in [0, 0.05) is 22.2 Å². The van der Waals surface area contributed by atoms with Crippen LogP contribution in [-0.4, -0.2) is 17.7 Å². The van der Waals surface area contributed by atoms with E-state index in [1.54, 1.807) is 4.90 Å². The molecule has 1 aliphatic rings. The van der Waals surface area contributed by atoms with E-state index in [2.05, 4.69) is 34.6 Å². The van der Waals surface area contributed by atoms with E-state index in [1.165, 1.54) is 11.3 Å². The van der Waals surface area contributed by atoms with Gasteiger partial charge >= 0.3 is 0 Å². The van der Waals surface area contributed by atoms with Crippen molar-refractivity contribution in [1.82, 2.24) is 0 Å². The molecule has 0 aliphatic carbocycles. The van der Waals surface area contributed by atoms with Gasteiger partial charge in [0.25, 0.3) is 0 Å². The standard InChI is InChI=1S/C12H13BrN2OS2/c1-2-7-3-8(17)6-15(12(7)16)11-4-9(13)10(5-14)18-11/h4,7-8,17H,2-3,6H2,1H3. The van der Waals surface area contributed by atoms with Crippen LogP contribution in [-0.2, 0) is 4.79 Å². The summed E-state index contributed by atoms with van der Waals surface area (Å²) in [7, 11) is 0. The van der Waals surface area contributed by atoms with Crippen molar-refractivity contribution in [2.45, 2.75) is 25.0 Å². The molecule has 2 rings (SSSR count). The summed E-state index contributed by atoms with van der Waals surface area (Å²) in [5.74, 6) is 0.203. The monoisotopic (exact) mass is 344 g/mol. The number of halogens is 1. The molecule has 0 aromatic carbocycles. The second-order valence-electron chi connectivity index (χ2n) is 4.32. The molecule has 0 N–H and O–H groups in total. The Kier molecular flexibility index (Phi) is 4.36. The number of nitrogens with zero attached hydrogens (tertiary/aromatic N) is 2. The zero-order valence-corrected chi connectivity index (χ0v) is 13.2. The largest absolute Gasteiger partial charge is 0.302 e. The normalized spacial score (nSPS) is 24.1. The van der Waals surface area contributed by atoms with Crippen LogP contribution in [0.5, 0.6) is 0 Å². The molecule has 3 nitrogen and oxygen atoms in total. The Morgan fingerprint density at radius 2 is 2.44 bits per heavy atom. The Morgan fingerprint density at radius 1 is 1.72 bits per heavy atom. The van der Waals surface area contributed by atoms with E-state index in [1.807, 2.05) is 13.0 Å². The highest BCUT2D eigenvalue weighted by Crippen LogP contribution is 2.37. The van der Waals surface area contributed by atoms with Crippen LogP contribution >= 0.6 is 39.9 Å². The van der Waals surface area contributed by atoms with Gasteiger partial charge in [-0.25, -0.2) is 0 Å². The van der Waals surface area contributed by atoms with Crippen LogP contribution in [0.25, 0.3) is 0 Å². The lowest BCUT2D eigenvalue weighted by Crippen LogP contribution is -2.45. The molecule has 0 spiro atoms. The summed E-state index contributed by atoms with van der Waals surface area (Å²) in [6, 6.07) is 3.97. The molecule has 96 valence electrons. The van der Waals surface area contributed by atoms with E-state index < -0.39 is 0 Å². The number of thiol groups is 1. The average Bonchev–Trinajstić information content (AvgIpc) is 2.72. The van der Waals surface area contributed by atoms with Crippen molar-refractivity contribution in [2.75, 3.05) is 11.4 Å². The molecule has 1 amide bonds. The molecule has 2 heterocycles. The van der Waals surface area contributed by atoms with Crippen LogP contribution < -0.4 is 4.90 Å².